The molecule has 45 heavy (non-hydrogen) atoms. The van der Waals surface area contributed by atoms with Crippen molar-refractivity contribution in [2.45, 2.75) is 19.3 Å². The van der Waals surface area contributed by atoms with Gasteiger partial charge in [-0.15, -0.1) is 0 Å². The van der Waals surface area contributed by atoms with E-state index in [0.717, 1.165) is 37.6 Å². The number of ether oxygens (including phenoxy) is 4. The largest absolute Gasteiger partial charge is 0.504 e. The number of fused-ring (bicyclic) bond motifs is 1. The lowest BCUT2D eigenvalue weighted by Gasteiger charge is -2.23. The van der Waals surface area contributed by atoms with Crippen LogP contribution in [0.25, 0.3) is 10.9 Å². The maximum Gasteiger partial charge on any atom is 0.313 e. The van der Waals surface area contributed by atoms with Gasteiger partial charge >= 0.3 is 11.8 Å². The smallest absolute Gasteiger partial charge is 0.313 e. The van der Waals surface area contributed by atoms with Crippen LogP contribution in [0, 0.1) is 11.7 Å². The molecule has 1 aliphatic heterocycles. The Morgan fingerprint density at radius 1 is 0.933 bits per heavy atom. The third-order valence-electron chi connectivity index (χ3n) is 7.48. The zero-order valence-corrected chi connectivity index (χ0v) is 25.0. The number of pyridine rings is 1. The molecule has 1 aliphatic rings. The molecule has 1 fully saturated rings. The van der Waals surface area contributed by atoms with Gasteiger partial charge in [0.05, 0.1) is 26.3 Å². The fourth-order valence-corrected chi connectivity index (χ4v) is 5.01. The second kappa shape index (κ2) is 14.6. The molecule has 2 heterocycles. The van der Waals surface area contributed by atoms with E-state index in [1.807, 2.05) is 0 Å². The van der Waals surface area contributed by atoms with Gasteiger partial charge in [0.25, 0.3) is 0 Å². The second-order valence-electron chi connectivity index (χ2n) is 10.5. The normalized spacial score (nSPS) is 13.2. The van der Waals surface area contributed by atoms with E-state index < -0.39 is 17.6 Å². The summed E-state index contributed by atoms with van der Waals surface area (Å²) in [6, 6.07) is 13.9. The van der Waals surface area contributed by atoms with E-state index in [1.165, 1.54) is 25.3 Å². The van der Waals surface area contributed by atoms with Crippen LogP contribution in [0.1, 0.15) is 18.4 Å². The lowest BCUT2D eigenvalue weighted by molar-refractivity contribution is -0.136. The van der Waals surface area contributed by atoms with Crippen LogP contribution in [0.15, 0.2) is 60.8 Å². The monoisotopic (exact) mass is 618 g/mol. The van der Waals surface area contributed by atoms with Crippen molar-refractivity contribution in [2.24, 2.45) is 5.92 Å². The van der Waals surface area contributed by atoms with E-state index in [-0.39, 0.29) is 23.7 Å². The summed E-state index contributed by atoms with van der Waals surface area (Å²) in [5.74, 6) is -0.462. The molecule has 4 N–H and O–H groups in total. The van der Waals surface area contributed by atoms with E-state index in [4.69, 9.17) is 18.9 Å². The minimum absolute atomic E-state index is 0.0209. The number of nitrogens with one attached hydrogen (secondary N) is 3. The minimum Gasteiger partial charge on any atom is -0.504 e. The first-order valence-electron chi connectivity index (χ1n) is 14.6. The maximum absolute atomic E-state index is 15.1. The number of benzene rings is 3. The van der Waals surface area contributed by atoms with Gasteiger partial charge in [-0.25, -0.2) is 4.39 Å². The summed E-state index contributed by atoms with van der Waals surface area (Å²) in [5.41, 5.74) is 1.41. The highest BCUT2D eigenvalue weighted by Gasteiger charge is 2.18. The zero-order valence-electron chi connectivity index (χ0n) is 25.0. The van der Waals surface area contributed by atoms with E-state index in [0.29, 0.717) is 52.8 Å². The number of piperidine rings is 1. The first-order valence-corrected chi connectivity index (χ1v) is 14.6. The predicted molar refractivity (Wildman–Crippen MR) is 166 cm³/mol. The minimum atomic E-state index is -0.953. The Bertz CT molecular complexity index is 1680. The number of amides is 2. The van der Waals surface area contributed by atoms with E-state index >= 15 is 4.39 Å². The molecule has 4 aromatic rings. The van der Waals surface area contributed by atoms with Crippen molar-refractivity contribution in [2.75, 3.05) is 45.8 Å². The fraction of sp³-hybridized carbons (Fsp3) is 0.303. The standard InChI is InChI=1S/C33H35FN4O7/c1-42-29-5-3-20(15-26(29)39)9-13-37-32(40)33(41)38-22-4-6-28(24(34)16-22)45-27-10-14-36-25-18-31(30(43-2)17-23(25)27)44-19-21-7-11-35-12-8-21/h3-6,10,14-18,21,35,39H,7-9,11-13,19H2,1-2H3,(H,37,40)(H,38,41). The molecule has 0 spiro atoms. The molecule has 2 amide bonds. The van der Waals surface area contributed by atoms with Gasteiger partial charge in [0, 0.05) is 35.9 Å². The highest BCUT2D eigenvalue weighted by Crippen LogP contribution is 2.38. The third-order valence-corrected chi connectivity index (χ3v) is 7.48. The molecule has 11 nitrogen and oxygen atoms in total. The van der Waals surface area contributed by atoms with Gasteiger partial charge in [-0.2, -0.15) is 0 Å². The lowest BCUT2D eigenvalue weighted by atomic mass is 9.99. The lowest BCUT2D eigenvalue weighted by Crippen LogP contribution is -2.36. The molecule has 0 aliphatic carbocycles. The van der Waals surface area contributed by atoms with E-state index in [1.54, 1.807) is 43.6 Å². The Kier molecular flexibility index (Phi) is 10.2. The molecule has 0 radical (unpaired) electrons. The van der Waals surface area contributed by atoms with Crippen molar-refractivity contribution in [3.63, 3.8) is 0 Å². The van der Waals surface area contributed by atoms with Crippen LogP contribution in [0.5, 0.6) is 34.5 Å². The van der Waals surface area contributed by atoms with Gasteiger partial charge in [0.1, 0.15) is 5.75 Å². The summed E-state index contributed by atoms with van der Waals surface area (Å²) >= 11 is 0. The van der Waals surface area contributed by atoms with Crippen LogP contribution < -0.4 is 34.9 Å². The molecule has 236 valence electrons. The summed E-state index contributed by atoms with van der Waals surface area (Å²) in [5, 5.41) is 18.7. The highest BCUT2D eigenvalue weighted by molar-refractivity contribution is 6.39. The van der Waals surface area contributed by atoms with Crippen molar-refractivity contribution < 1.29 is 38.0 Å². The molecule has 0 bridgehead atoms. The molecule has 0 atom stereocenters. The van der Waals surface area contributed by atoms with Gasteiger partial charge in [-0.1, -0.05) is 6.07 Å². The number of methoxy groups -OCH3 is 2. The number of anilines is 1. The number of hydrogen-bond donors (Lipinski definition) is 4. The molecule has 5 rings (SSSR count). The number of rotatable bonds is 11. The second-order valence-corrected chi connectivity index (χ2v) is 10.5. The van der Waals surface area contributed by atoms with Gasteiger partial charge in [-0.05, 0) is 80.2 Å². The number of carbonyl (C=O) groups is 2. The molecule has 1 aromatic heterocycles. The van der Waals surface area contributed by atoms with Crippen LogP contribution >= 0.6 is 0 Å². The molecular weight excluding hydrogens is 583 g/mol. The van der Waals surface area contributed by atoms with Crippen LogP contribution in [0.2, 0.25) is 0 Å². The molecule has 1 saturated heterocycles. The van der Waals surface area contributed by atoms with Crippen LogP contribution in [0.3, 0.4) is 0 Å². The SMILES string of the molecule is COc1ccc(CCNC(=O)C(=O)Nc2ccc(Oc3ccnc4cc(OCC5CCNCC5)c(OC)cc34)c(F)c2)cc1O. The third kappa shape index (κ3) is 7.90. The number of aromatic hydroxyl groups is 1. The Morgan fingerprint density at radius 2 is 1.71 bits per heavy atom. The Labute approximate surface area is 259 Å². The predicted octanol–water partition coefficient (Wildman–Crippen LogP) is 4.56. The van der Waals surface area contributed by atoms with Crippen molar-refractivity contribution in [1.29, 1.82) is 0 Å². The maximum atomic E-state index is 15.1. The number of aromatic nitrogens is 1. The van der Waals surface area contributed by atoms with Crippen LogP contribution in [-0.4, -0.2) is 62.4 Å². The topological polar surface area (TPSA) is 140 Å². The molecule has 12 heteroatoms. The number of nitrogens with zero attached hydrogens (tertiary/aromatic N) is 1. The van der Waals surface area contributed by atoms with Gasteiger partial charge in [-0.3, -0.25) is 14.6 Å². The van der Waals surface area contributed by atoms with Crippen molar-refractivity contribution in [3.8, 4) is 34.5 Å². The summed E-state index contributed by atoms with van der Waals surface area (Å²) in [6.07, 6.45) is 4.03. The van der Waals surface area contributed by atoms with Crippen LogP contribution in [0.4, 0.5) is 10.1 Å². The summed E-state index contributed by atoms with van der Waals surface area (Å²) in [7, 11) is 3.00. The molecule has 0 saturated carbocycles. The summed E-state index contributed by atoms with van der Waals surface area (Å²) < 4.78 is 37.7. The Hall–Kier alpha value is -5.10. The Morgan fingerprint density at radius 3 is 2.44 bits per heavy atom. The van der Waals surface area contributed by atoms with Crippen molar-refractivity contribution >= 4 is 28.4 Å². The average Bonchev–Trinajstić information content (AvgIpc) is 3.05. The molecule has 0 unspecified atom stereocenters. The fourth-order valence-electron chi connectivity index (χ4n) is 5.01. The Balaban J connectivity index is 1.20. The number of phenols is 1. The molecule has 3 aromatic carbocycles. The van der Waals surface area contributed by atoms with Gasteiger partial charge in [0.2, 0.25) is 0 Å². The van der Waals surface area contributed by atoms with Crippen LogP contribution in [-0.2, 0) is 16.0 Å². The number of carbonyl (C=O) groups excluding carboxylic acids is 2. The zero-order chi connectivity index (χ0) is 31.8. The number of hydrogen-bond acceptors (Lipinski definition) is 9. The molecular formula is C33H35FN4O7. The first-order chi connectivity index (χ1) is 21.8. The summed E-state index contributed by atoms with van der Waals surface area (Å²) in [4.78, 5) is 29.1. The number of phenolic OH excluding ortho intramolecular Hbond substituents is 1. The van der Waals surface area contributed by atoms with Crippen molar-refractivity contribution in [3.05, 3.63) is 72.2 Å². The van der Waals surface area contributed by atoms with E-state index in [9.17, 15) is 14.7 Å². The quantitative estimate of drug-likeness (QED) is 0.178. The van der Waals surface area contributed by atoms with Crippen molar-refractivity contribution in [1.82, 2.24) is 15.6 Å². The first kappa shape index (κ1) is 31.3. The van der Waals surface area contributed by atoms with E-state index in [2.05, 4.69) is 20.9 Å². The van der Waals surface area contributed by atoms with Gasteiger partial charge in [0.15, 0.2) is 34.6 Å². The number of halogens is 1. The average molecular weight is 619 g/mol. The van der Waals surface area contributed by atoms with Gasteiger partial charge < -0.3 is 40.0 Å². The summed E-state index contributed by atoms with van der Waals surface area (Å²) in [6.45, 7) is 2.67. The highest BCUT2D eigenvalue weighted by atomic mass is 19.1.